The third kappa shape index (κ3) is 2.99. The second-order valence-corrected chi connectivity index (χ2v) is 9.29. The normalized spacial score (nSPS) is 13.9. The Bertz CT molecular complexity index is 1210. The fourth-order valence-corrected chi connectivity index (χ4v) is 4.78. The van der Waals surface area contributed by atoms with Crippen molar-refractivity contribution in [2.45, 2.75) is 39.0 Å². The Hall–Kier alpha value is -3.12. The number of benzene rings is 4. The van der Waals surface area contributed by atoms with E-state index in [2.05, 4.69) is 119 Å². The summed E-state index contributed by atoms with van der Waals surface area (Å²) < 4.78 is 0. The molecule has 1 aliphatic rings. The van der Waals surface area contributed by atoms with Crippen LogP contribution >= 0.6 is 0 Å². The van der Waals surface area contributed by atoms with Crippen molar-refractivity contribution in [1.82, 2.24) is 0 Å². The van der Waals surface area contributed by atoms with E-state index in [1.165, 1.54) is 50.1 Å². The van der Waals surface area contributed by atoms with Crippen molar-refractivity contribution >= 4 is 0 Å². The molecule has 0 unspecified atom stereocenters. The lowest BCUT2D eigenvalue weighted by molar-refractivity contribution is 0.658. The van der Waals surface area contributed by atoms with Gasteiger partial charge in [0.05, 0.1) is 0 Å². The van der Waals surface area contributed by atoms with Gasteiger partial charge in [0.2, 0.25) is 0 Å². The first-order valence-electron chi connectivity index (χ1n) is 10.9. The molecule has 5 rings (SSSR count). The minimum absolute atomic E-state index is 0.0234. The van der Waals surface area contributed by atoms with Crippen molar-refractivity contribution in [2.24, 2.45) is 0 Å². The highest BCUT2D eigenvalue weighted by molar-refractivity contribution is 5.84. The zero-order valence-electron chi connectivity index (χ0n) is 18.2. The molecule has 1 aliphatic carbocycles. The van der Waals surface area contributed by atoms with E-state index in [-0.39, 0.29) is 5.41 Å². The molecule has 0 heterocycles. The van der Waals surface area contributed by atoms with Crippen LogP contribution in [-0.4, -0.2) is 0 Å². The largest absolute Gasteiger partial charge is 0.0622 e. The van der Waals surface area contributed by atoms with Gasteiger partial charge in [0, 0.05) is 5.41 Å². The molecule has 0 amide bonds. The van der Waals surface area contributed by atoms with Gasteiger partial charge in [0.25, 0.3) is 0 Å². The Kier molecular flexibility index (Phi) is 4.40. The third-order valence-electron chi connectivity index (χ3n) is 6.69. The van der Waals surface area contributed by atoms with Gasteiger partial charge in [-0.25, -0.2) is 0 Å². The molecule has 0 saturated carbocycles. The number of hydrogen-bond donors (Lipinski definition) is 0. The number of rotatable bonds is 3. The van der Waals surface area contributed by atoms with Gasteiger partial charge in [0.1, 0.15) is 0 Å². The summed E-state index contributed by atoms with van der Waals surface area (Å²) in [6, 6.07) is 33.6. The highest BCUT2D eigenvalue weighted by atomic mass is 14.4. The smallest absolute Gasteiger partial charge is 0.0159 e. The third-order valence-corrected chi connectivity index (χ3v) is 6.69. The van der Waals surface area contributed by atoms with Crippen LogP contribution in [0, 0.1) is 0 Å². The van der Waals surface area contributed by atoms with Gasteiger partial charge < -0.3 is 0 Å². The molecule has 0 aromatic heterocycles. The van der Waals surface area contributed by atoms with Crippen molar-refractivity contribution in [1.29, 1.82) is 0 Å². The molecule has 0 atom stereocenters. The van der Waals surface area contributed by atoms with E-state index in [1.54, 1.807) is 0 Å². The maximum absolute atomic E-state index is 2.42. The second-order valence-electron chi connectivity index (χ2n) is 9.29. The quantitative estimate of drug-likeness (QED) is 0.330. The highest BCUT2D eigenvalue weighted by Crippen LogP contribution is 2.50. The lowest BCUT2D eigenvalue weighted by atomic mass is 9.80. The summed E-state index contributed by atoms with van der Waals surface area (Å²) in [5.41, 5.74) is 12.2. The molecule has 0 heteroatoms. The number of hydrogen-bond acceptors (Lipinski definition) is 0. The molecule has 30 heavy (non-hydrogen) atoms. The van der Waals surface area contributed by atoms with Crippen LogP contribution in [0.5, 0.6) is 0 Å². The van der Waals surface area contributed by atoms with Crippen LogP contribution < -0.4 is 0 Å². The summed E-state index contributed by atoms with van der Waals surface area (Å²) in [6.07, 6.45) is 0. The minimum Gasteiger partial charge on any atom is -0.0622 e. The number of fused-ring (bicyclic) bond motifs is 3. The van der Waals surface area contributed by atoms with Crippen LogP contribution in [0.1, 0.15) is 50.3 Å². The van der Waals surface area contributed by atoms with E-state index >= 15 is 0 Å². The average molecular weight is 389 g/mol. The maximum Gasteiger partial charge on any atom is 0.0159 e. The van der Waals surface area contributed by atoms with Gasteiger partial charge >= 0.3 is 0 Å². The lowest BCUT2D eigenvalue weighted by Gasteiger charge is -2.23. The Morgan fingerprint density at radius 2 is 1.03 bits per heavy atom. The van der Waals surface area contributed by atoms with Crippen LogP contribution in [-0.2, 0) is 5.41 Å². The van der Waals surface area contributed by atoms with E-state index in [0.717, 1.165) is 0 Å². The van der Waals surface area contributed by atoms with Crippen molar-refractivity contribution < 1.29 is 0 Å². The van der Waals surface area contributed by atoms with E-state index in [0.29, 0.717) is 5.92 Å². The van der Waals surface area contributed by atoms with Crippen LogP contribution in [0.2, 0.25) is 0 Å². The molecule has 0 fully saturated rings. The Morgan fingerprint density at radius 1 is 0.533 bits per heavy atom. The zero-order chi connectivity index (χ0) is 20.9. The first kappa shape index (κ1) is 18.9. The van der Waals surface area contributed by atoms with Gasteiger partial charge in [-0.15, -0.1) is 0 Å². The second kappa shape index (κ2) is 6.99. The van der Waals surface area contributed by atoms with Crippen LogP contribution in [0.4, 0.5) is 0 Å². The Morgan fingerprint density at radius 3 is 1.67 bits per heavy atom. The molecule has 0 nitrogen and oxygen atoms in total. The average Bonchev–Trinajstić information content (AvgIpc) is 3.01. The van der Waals surface area contributed by atoms with Crippen molar-refractivity contribution in [3.05, 3.63) is 108 Å². The maximum atomic E-state index is 2.42. The standard InChI is InChI=1S/C30H28/c1-20(2)24-14-16-26-27-17-15-25(19-29(27)30(3,4)28(26)18-24)23-12-10-22(11-13-23)21-8-6-5-7-9-21/h5-20H,1-4H3. The van der Waals surface area contributed by atoms with Crippen molar-refractivity contribution in [3.63, 3.8) is 0 Å². The van der Waals surface area contributed by atoms with E-state index < -0.39 is 0 Å². The predicted molar refractivity (Wildman–Crippen MR) is 129 cm³/mol. The van der Waals surface area contributed by atoms with Gasteiger partial charge in [-0.3, -0.25) is 0 Å². The molecular weight excluding hydrogens is 360 g/mol. The summed E-state index contributed by atoms with van der Waals surface area (Å²) in [5, 5.41) is 0. The van der Waals surface area contributed by atoms with Gasteiger partial charge in [0.15, 0.2) is 0 Å². The van der Waals surface area contributed by atoms with Gasteiger partial charge in [-0.2, -0.15) is 0 Å². The van der Waals surface area contributed by atoms with Gasteiger partial charge in [-0.05, 0) is 62.1 Å². The molecule has 0 saturated heterocycles. The summed E-state index contributed by atoms with van der Waals surface area (Å²) in [7, 11) is 0. The van der Waals surface area contributed by atoms with E-state index in [4.69, 9.17) is 0 Å². The van der Waals surface area contributed by atoms with Crippen molar-refractivity contribution in [2.75, 3.05) is 0 Å². The monoisotopic (exact) mass is 388 g/mol. The Labute approximate surface area is 180 Å². The fourth-order valence-electron chi connectivity index (χ4n) is 4.78. The summed E-state index contributed by atoms with van der Waals surface area (Å²) >= 11 is 0. The first-order valence-corrected chi connectivity index (χ1v) is 10.9. The molecule has 0 spiro atoms. The molecule has 148 valence electrons. The SMILES string of the molecule is CC(C)c1ccc2c(c1)C(C)(C)c1cc(-c3ccc(-c4ccccc4)cc3)ccc1-2. The minimum atomic E-state index is 0.0234. The molecule has 0 aliphatic heterocycles. The molecular formula is C30H28. The van der Waals surface area contributed by atoms with Crippen LogP contribution in [0.25, 0.3) is 33.4 Å². The molecule has 0 radical (unpaired) electrons. The van der Waals surface area contributed by atoms with E-state index in [1.807, 2.05) is 0 Å². The molecule has 4 aromatic rings. The summed E-state index contributed by atoms with van der Waals surface area (Å²) in [6.45, 7) is 9.27. The first-order chi connectivity index (χ1) is 14.4. The summed E-state index contributed by atoms with van der Waals surface area (Å²) in [5.74, 6) is 0.550. The molecule has 0 N–H and O–H groups in total. The fraction of sp³-hybridized carbons (Fsp3) is 0.200. The van der Waals surface area contributed by atoms with Crippen LogP contribution in [0.15, 0.2) is 91.0 Å². The lowest BCUT2D eigenvalue weighted by Crippen LogP contribution is -2.15. The molecule has 0 bridgehead atoms. The molecule has 4 aromatic carbocycles. The topological polar surface area (TPSA) is 0 Å². The Balaban J connectivity index is 1.54. The summed E-state index contributed by atoms with van der Waals surface area (Å²) in [4.78, 5) is 0. The van der Waals surface area contributed by atoms with Gasteiger partial charge in [-0.1, -0.05) is 113 Å². The highest BCUT2D eigenvalue weighted by Gasteiger charge is 2.35. The van der Waals surface area contributed by atoms with Crippen molar-refractivity contribution in [3.8, 4) is 33.4 Å². The zero-order valence-corrected chi connectivity index (χ0v) is 18.2. The van der Waals surface area contributed by atoms with Crippen LogP contribution in [0.3, 0.4) is 0 Å². The van der Waals surface area contributed by atoms with E-state index in [9.17, 15) is 0 Å². The predicted octanol–water partition coefficient (Wildman–Crippen LogP) is 8.45.